The molecule has 3 rings (SSSR count). The minimum absolute atomic E-state index is 0.00103. The molecule has 0 aromatic heterocycles. The number of hydrogen-bond donors (Lipinski definition) is 0. The topological polar surface area (TPSA) is 9.23 Å². The van der Waals surface area contributed by atoms with Crippen molar-refractivity contribution >= 4 is 0 Å². The second-order valence-electron chi connectivity index (χ2n) is 8.04. The minimum atomic E-state index is -0.787. The molecule has 0 unspecified atom stereocenters. The van der Waals surface area contributed by atoms with Crippen LogP contribution in [-0.4, -0.2) is 6.61 Å². The summed E-state index contributed by atoms with van der Waals surface area (Å²) in [6.45, 7) is 3.72. The van der Waals surface area contributed by atoms with E-state index in [0.29, 0.717) is 28.7 Å². The molecule has 6 heteroatoms. The highest BCUT2D eigenvalue weighted by atomic mass is 19.1. The SMILES string of the molecule is CCCc1cc(F)c(CCc2ccc(CCc3cc(F)c(OCC)c(F)c3)c(F)c2)c(F)c1. The molecule has 3 aromatic carbocycles. The summed E-state index contributed by atoms with van der Waals surface area (Å²) in [5.41, 5.74) is 2.04. The van der Waals surface area contributed by atoms with Crippen molar-refractivity contribution in [3.8, 4) is 5.75 Å². The third-order valence-electron chi connectivity index (χ3n) is 5.55. The van der Waals surface area contributed by atoms with Crippen molar-refractivity contribution < 1.29 is 26.7 Å². The molecule has 0 saturated carbocycles. The van der Waals surface area contributed by atoms with Crippen molar-refractivity contribution in [3.05, 3.63) is 99.4 Å². The number of ether oxygens (including phenoxy) is 1. The standard InChI is InChI=1S/C27H27F5O/c1-3-5-18-13-23(29)21(24(30)14-18)11-8-17-6-9-20(22(28)12-17)10-7-19-15-25(31)27(33-4-2)26(32)16-19/h6,9,12-16H,3-5,7-8,10-11H2,1-2H3. The van der Waals surface area contributed by atoms with Crippen LogP contribution in [0.2, 0.25) is 0 Å². The smallest absolute Gasteiger partial charge is 0.190 e. The Hall–Kier alpha value is -2.89. The number of benzene rings is 3. The summed E-state index contributed by atoms with van der Waals surface area (Å²) in [5, 5.41) is 0. The summed E-state index contributed by atoms with van der Waals surface area (Å²) >= 11 is 0. The molecule has 0 spiro atoms. The van der Waals surface area contributed by atoms with Gasteiger partial charge in [-0.05, 0) is 91.6 Å². The number of aryl methyl sites for hydroxylation is 4. The third kappa shape index (κ3) is 6.34. The molecule has 0 heterocycles. The van der Waals surface area contributed by atoms with E-state index < -0.39 is 34.8 Å². The predicted molar refractivity (Wildman–Crippen MR) is 119 cm³/mol. The fourth-order valence-electron chi connectivity index (χ4n) is 3.86. The molecule has 0 N–H and O–H groups in total. The Bertz CT molecular complexity index is 1060. The van der Waals surface area contributed by atoms with E-state index >= 15 is 0 Å². The Morgan fingerprint density at radius 2 is 1.12 bits per heavy atom. The van der Waals surface area contributed by atoms with Crippen molar-refractivity contribution in [2.75, 3.05) is 6.61 Å². The molecule has 0 saturated heterocycles. The lowest BCUT2D eigenvalue weighted by molar-refractivity contribution is 0.302. The molecular formula is C27H27F5O. The molecule has 0 aliphatic carbocycles. The molecule has 1 nitrogen and oxygen atoms in total. The molecule has 0 atom stereocenters. The lowest BCUT2D eigenvalue weighted by Gasteiger charge is -2.10. The maximum atomic E-state index is 14.6. The average molecular weight is 463 g/mol. The lowest BCUT2D eigenvalue weighted by Crippen LogP contribution is -2.03. The summed E-state index contributed by atoms with van der Waals surface area (Å²) in [6.07, 6.45) is 2.31. The zero-order chi connectivity index (χ0) is 24.0. The molecule has 0 aliphatic rings. The van der Waals surface area contributed by atoms with E-state index in [2.05, 4.69) is 0 Å². The zero-order valence-corrected chi connectivity index (χ0v) is 18.8. The Kier molecular flexibility index (Phi) is 8.48. The minimum Gasteiger partial charge on any atom is -0.488 e. The molecule has 33 heavy (non-hydrogen) atoms. The van der Waals surface area contributed by atoms with E-state index in [1.54, 1.807) is 19.1 Å². The predicted octanol–water partition coefficient (Wildman–Crippen LogP) is 7.30. The van der Waals surface area contributed by atoms with Gasteiger partial charge in [0.2, 0.25) is 0 Å². The van der Waals surface area contributed by atoms with Crippen LogP contribution in [0.25, 0.3) is 0 Å². The molecule has 0 aliphatic heterocycles. The van der Waals surface area contributed by atoms with Crippen LogP contribution in [-0.2, 0) is 32.1 Å². The van der Waals surface area contributed by atoms with E-state index in [9.17, 15) is 22.0 Å². The largest absolute Gasteiger partial charge is 0.488 e. The first-order valence-corrected chi connectivity index (χ1v) is 11.2. The van der Waals surface area contributed by atoms with Crippen LogP contribution < -0.4 is 4.74 Å². The van der Waals surface area contributed by atoms with Crippen molar-refractivity contribution in [2.45, 2.75) is 52.4 Å². The van der Waals surface area contributed by atoms with Crippen molar-refractivity contribution in [1.82, 2.24) is 0 Å². The first-order valence-electron chi connectivity index (χ1n) is 11.2. The van der Waals surface area contributed by atoms with Crippen molar-refractivity contribution in [1.29, 1.82) is 0 Å². The van der Waals surface area contributed by atoms with Gasteiger partial charge >= 0.3 is 0 Å². The van der Waals surface area contributed by atoms with Crippen molar-refractivity contribution in [3.63, 3.8) is 0 Å². The van der Waals surface area contributed by atoms with Gasteiger partial charge in [-0.2, -0.15) is 0 Å². The van der Waals surface area contributed by atoms with Gasteiger partial charge in [0.25, 0.3) is 0 Å². The zero-order valence-electron chi connectivity index (χ0n) is 18.8. The van der Waals surface area contributed by atoms with E-state index in [1.807, 2.05) is 6.92 Å². The van der Waals surface area contributed by atoms with Crippen LogP contribution in [0.5, 0.6) is 5.75 Å². The monoisotopic (exact) mass is 462 g/mol. The van der Waals surface area contributed by atoms with E-state index in [0.717, 1.165) is 6.42 Å². The summed E-state index contributed by atoms with van der Waals surface area (Å²) in [4.78, 5) is 0. The Morgan fingerprint density at radius 3 is 1.70 bits per heavy atom. The number of halogens is 5. The summed E-state index contributed by atoms with van der Waals surface area (Å²) < 4.78 is 76.1. The first-order chi connectivity index (χ1) is 15.8. The van der Waals surface area contributed by atoms with Crippen LogP contribution in [0, 0.1) is 29.1 Å². The van der Waals surface area contributed by atoms with Gasteiger partial charge in [-0.1, -0.05) is 25.5 Å². The van der Waals surface area contributed by atoms with Crippen LogP contribution in [0.1, 0.15) is 48.1 Å². The highest BCUT2D eigenvalue weighted by molar-refractivity contribution is 5.33. The number of rotatable bonds is 10. The van der Waals surface area contributed by atoms with Gasteiger partial charge in [-0.25, -0.2) is 22.0 Å². The number of hydrogen-bond acceptors (Lipinski definition) is 1. The molecule has 176 valence electrons. The summed E-state index contributed by atoms with van der Waals surface area (Å²) in [7, 11) is 0. The van der Waals surface area contributed by atoms with Gasteiger partial charge in [0.15, 0.2) is 17.4 Å². The van der Waals surface area contributed by atoms with E-state index in [4.69, 9.17) is 4.74 Å². The van der Waals surface area contributed by atoms with E-state index in [1.165, 1.54) is 30.3 Å². The molecule has 0 radical (unpaired) electrons. The van der Waals surface area contributed by atoms with Gasteiger partial charge in [-0.3, -0.25) is 0 Å². The highest BCUT2D eigenvalue weighted by Gasteiger charge is 2.14. The normalized spacial score (nSPS) is 11.1. The maximum Gasteiger partial charge on any atom is 0.190 e. The summed E-state index contributed by atoms with van der Waals surface area (Å²) in [5.74, 6) is -3.60. The van der Waals surface area contributed by atoms with Crippen LogP contribution in [0.3, 0.4) is 0 Å². The van der Waals surface area contributed by atoms with Gasteiger partial charge in [0.1, 0.15) is 17.5 Å². The molecular weight excluding hydrogens is 435 g/mol. The summed E-state index contributed by atoms with van der Waals surface area (Å²) in [6, 6.07) is 9.75. The first kappa shape index (κ1) is 24.7. The lowest BCUT2D eigenvalue weighted by atomic mass is 9.98. The second kappa shape index (κ2) is 11.3. The highest BCUT2D eigenvalue weighted by Crippen LogP contribution is 2.25. The van der Waals surface area contributed by atoms with Gasteiger partial charge < -0.3 is 4.74 Å². The Morgan fingerprint density at radius 1 is 0.576 bits per heavy atom. The van der Waals surface area contributed by atoms with Crippen LogP contribution in [0.15, 0.2) is 42.5 Å². The molecule has 3 aromatic rings. The van der Waals surface area contributed by atoms with Gasteiger partial charge in [0.05, 0.1) is 6.61 Å². The Labute approximate surface area is 191 Å². The van der Waals surface area contributed by atoms with Gasteiger partial charge in [-0.15, -0.1) is 0 Å². The third-order valence-corrected chi connectivity index (χ3v) is 5.55. The quantitative estimate of drug-likeness (QED) is 0.287. The van der Waals surface area contributed by atoms with Gasteiger partial charge in [0, 0.05) is 5.56 Å². The van der Waals surface area contributed by atoms with Crippen molar-refractivity contribution in [2.24, 2.45) is 0 Å². The Balaban J connectivity index is 1.64. The molecule has 0 fully saturated rings. The fourth-order valence-corrected chi connectivity index (χ4v) is 3.86. The molecule has 0 amide bonds. The maximum absolute atomic E-state index is 14.6. The fraction of sp³-hybridized carbons (Fsp3) is 0.333. The van der Waals surface area contributed by atoms with Crippen LogP contribution >= 0.6 is 0 Å². The van der Waals surface area contributed by atoms with E-state index in [-0.39, 0.29) is 37.9 Å². The average Bonchev–Trinajstić information content (AvgIpc) is 2.75. The second-order valence-corrected chi connectivity index (χ2v) is 8.04. The molecule has 0 bridgehead atoms. The van der Waals surface area contributed by atoms with Crippen LogP contribution in [0.4, 0.5) is 22.0 Å².